The minimum atomic E-state index is 0.311. The van der Waals surface area contributed by atoms with Gasteiger partial charge in [-0.1, -0.05) is 50.6 Å². The van der Waals surface area contributed by atoms with Crippen LogP contribution in [0, 0.1) is 16.7 Å². The Morgan fingerprint density at radius 2 is 2.07 bits per heavy atom. The molecule has 15 heavy (non-hydrogen) atoms. The van der Waals surface area contributed by atoms with E-state index in [4.69, 9.17) is 0 Å². The first-order valence-corrected chi connectivity index (χ1v) is 6.15. The first kappa shape index (κ1) is 10.7. The Hall–Kier alpha value is -0.780. The highest BCUT2D eigenvalue weighted by molar-refractivity contribution is 5.31. The third kappa shape index (κ3) is 1.71. The third-order valence-electron chi connectivity index (χ3n) is 4.24. The summed E-state index contributed by atoms with van der Waals surface area (Å²) in [6, 6.07) is 0. The molecule has 0 heteroatoms. The van der Waals surface area contributed by atoms with Crippen LogP contribution in [0.1, 0.15) is 39.5 Å². The van der Waals surface area contributed by atoms with Gasteiger partial charge in [0.05, 0.1) is 0 Å². The van der Waals surface area contributed by atoms with Gasteiger partial charge in [0.15, 0.2) is 0 Å². The van der Waals surface area contributed by atoms with Crippen LogP contribution in [0.2, 0.25) is 0 Å². The SMILES string of the molecule is C=CCC1(C2CC2(C)CCC)C=CC=C1. The second-order valence-corrected chi connectivity index (χ2v) is 5.48. The number of hydrogen-bond acceptors (Lipinski definition) is 0. The van der Waals surface area contributed by atoms with Crippen molar-refractivity contribution in [2.45, 2.75) is 39.5 Å². The van der Waals surface area contributed by atoms with Gasteiger partial charge in [-0.25, -0.2) is 0 Å². The van der Waals surface area contributed by atoms with Crippen molar-refractivity contribution < 1.29 is 0 Å². The molecule has 1 saturated carbocycles. The molecular formula is C15H22. The Kier molecular flexibility index (Phi) is 2.62. The van der Waals surface area contributed by atoms with E-state index in [2.05, 4.69) is 50.8 Å². The van der Waals surface area contributed by atoms with E-state index in [-0.39, 0.29) is 0 Å². The van der Waals surface area contributed by atoms with Crippen molar-refractivity contribution in [3.8, 4) is 0 Å². The van der Waals surface area contributed by atoms with Crippen LogP contribution in [0.15, 0.2) is 37.0 Å². The van der Waals surface area contributed by atoms with Crippen molar-refractivity contribution in [1.29, 1.82) is 0 Å². The second kappa shape index (κ2) is 3.66. The predicted octanol–water partition coefficient (Wildman–Crippen LogP) is 4.50. The lowest BCUT2D eigenvalue weighted by atomic mass is 9.77. The van der Waals surface area contributed by atoms with Gasteiger partial charge in [-0.05, 0) is 30.6 Å². The molecule has 2 aliphatic carbocycles. The fourth-order valence-electron chi connectivity index (χ4n) is 3.38. The first-order valence-electron chi connectivity index (χ1n) is 6.15. The van der Waals surface area contributed by atoms with E-state index in [0.717, 1.165) is 12.3 Å². The van der Waals surface area contributed by atoms with Crippen molar-refractivity contribution in [3.63, 3.8) is 0 Å². The summed E-state index contributed by atoms with van der Waals surface area (Å²) in [7, 11) is 0. The number of allylic oxidation sites excluding steroid dienone is 5. The minimum absolute atomic E-state index is 0.311. The maximum absolute atomic E-state index is 3.91. The van der Waals surface area contributed by atoms with Crippen molar-refractivity contribution >= 4 is 0 Å². The molecule has 0 aromatic carbocycles. The van der Waals surface area contributed by atoms with Crippen LogP contribution in [0.3, 0.4) is 0 Å². The van der Waals surface area contributed by atoms with Crippen LogP contribution in [-0.2, 0) is 0 Å². The van der Waals surface area contributed by atoms with E-state index in [9.17, 15) is 0 Å². The maximum Gasteiger partial charge on any atom is 0.0135 e. The molecule has 0 nitrogen and oxygen atoms in total. The molecule has 1 fully saturated rings. The smallest absolute Gasteiger partial charge is 0.0135 e. The van der Waals surface area contributed by atoms with E-state index >= 15 is 0 Å². The van der Waals surface area contributed by atoms with Gasteiger partial charge in [0, 0.05) is 5.41 Å². The Labute approximate surface area is 93.8 Å². The van der Waals surface area contributed by atoms with Gasteiger partial charge in [-0.15, -0.1) is 6.58 Å². The van der Waals surface area contributed by atoms with Crippen molar-refractivity contribution in [1.82, 2.24) is 0 Å². The molecule has 0 bridgehead atoms. The van der Waals surface area contributed by atoms with Gasteiger partial charge < -0.3 is 0 Å². The molecule has 0 radical (unpaired) electrons. The molecule has 0 heterocycles. The van der Waals surface area contributed by atoms with Crippen LogP contribution in [0.25, 0.3) is 0 Å². The fourth-order valence-corrected chi connectivity index (χ4v) is 3.38. The van der Waals surface area contributed by atoms with Gasteiger partial charge in [0.25, 0.3) is 0 Å². The topological polar surface area (TPSA) is 0 Å². The third-order valence-corrected chi connectivity index (χ3v) is 4.24. The summed E-state index contributed by atoms with van der Waals surface area (Å²) in [5.41, 5.74) is 0.905. The molecule has 82 valence electrons. The van der Waals surface area contributed by atoms with E-state index < -0.39 is 0 Å². The molecule has 2 aliphatic rings. The van der Waals surface area contributed by atoms with Crippen LogP contribution in [0.5, 0.6) is 0 Å². The summed E-state index contributed by atoms with van der Waals surface area (Å²) in [6.45, 7) is 8.65. The molecule has 0 aliphatic heterocycles. The van der Waals surface area contributed by atoms with Crippen LogP contribution >= 0.6 is 0 Å². The van der Waals surface area contributed by atoms with E-state index in [0.29, 0.717) is 10.8 Å². The second-order valence-electron chi connectivity index (χ2n) is 5.48. The molecule has 2 rings (SSSR count). The molecule has 0 spiro atoms. The molecule has 0 N–H and O–H groups in total. The molecule has 0 aromatic heterocycles. The number of hydrogen-bond donors (Lipinski definition) is 0. The van der Waals surface area contributed by atoms with Crippen LogP contribution in [0.4, 0.5) is 0 Å². The predicted molar refractivity (Wildman–Crippen MR) is 66.6 cm³/mol. The maximum atomic E-state index is 3.91. The average Bonchev–Trinajstić information content (AvgIpc) is 2.68. The van der Waals surface area contributed by atoms with E-state index in [1.165, 1.54) is 19.3 Å². The summed E-state index contributed by atoms with van der Waals surface area (Å²) >= 11 is 0. The largest absolute Gasteiger partial charge is 0.103 e. The minimum Gasteiger partial charge on any atom is -0.103 e. The molecule has 2 unspecified atom stereocenters. The lowest BCUT2D eigenvalue weighted by molar-refractivity contribution is 0.334. The highest BCUT2D eigenvalue weighted by atomic mass is 14.6. The summed E-state index contributed by atoms with van der Waals surface area (Å²) in [5.74, 6) is 0.845. The quantitative estimate of drug-likeness (QED) is 0.576. The van der Waals surface area contributed by atoms with Crippen molar-refractivity contribution in [2.75, 3.05) is 0 Å². The highest BCUT2D eigenvalue weighted by Crippen LogP contribution is 2.66. The lowest BCUT2D eigenvalue weighted by Gasteiger charge is -2.27. The zero-order valence-electron chi connectivity index (χ0n) is 10.00. The Morgan fingerprint density at radius 1 is 1.40 bits per heavy atom. The average molecular weight is 202 g/mol. The van der Waals surface area contributed by atoms with Gasteiger partial charge in [0.2, 0.25) is 0 Å². The molecule has 0 aromatic rings. The van der Waals surface area contributed by atoms with Gasteiger partial charge in [-0.3, -0.25) is 0 Å². The molecular weight excluding hydrogens is 180 g/mol. The highest BCUT2D eigenvalue weighted by Gasteiger charge is 2.57. The lowest BCUT2D eigenvalue weighted by Crippen LogP contribution is -2.19. The Bertz CT molecular complexity index is 296. The zero-order valence-corrected chi connectivity index (χ0v) is 10.00. The van der Waals surface area contributed by atoms with E-state index in [1.54, 1.807) is 0 Å². The summed E-state index contributed by atoms with van der Waals surface area (Å²) in [6.07, 6.45) is 16.4. The zero-order chi connectivity index (χ0) is 10.9. The number of rotatable bonds is 5. The van der Waals surface area contributed by atoms with Crippen molar-refractivity contribution in [3.05, 3.63) is 37.0 Å². The van der Waals surface area contributed by atoms with Gasteiger partial charge in [0.1, 0.15) is 0 Å². The Morgan fingerprint density at radius 3 is 2.60 bits per heavy atom. The summed E-state index contributed by atoms with van der Waals surface area (Å²) in [5, 5.41) is 0. The van der Waals surface area contributed by atoms with Crippen LogP contribution in [-0.4, -0.2) is 0 Å². The molecule has 0 saturated heterocycles. The molecule has 2 atom stereocenters. The van der Waals surface area contributed by atoms with Gasteiger partial charge in [-0.2, -0.15) is 0 Å². The Balaban J connectivity index is 2.13. The van der Waals surface area contributed by atoms with Crippen molar-refractivity contribution in [2.24, 2.45) is 16.7 Å². The van der Waals surface area contributed by atoms with Crippen LogP contribution < -0.4 is 0 Å². The van der Waals surface area contributed by atoms with E-state index in [1.807, 2.05) is 0 Å². The normalized spacial score (nSPS) is 35.7. The summed E-state index contributed by atoms with van der Waals surface area (Å²) in [4.78, 5) is 0. The summed E-state index contributed by atoms with van der Waals surface area (Å²) < 4.78 is 0. The standard InChI is InChI=1S/C15H22/c1-4-8-14(3)12-13(14)15(9-5-2)10-6-7-11-15/h5-7,10-11,13H,2,4,8-9,12H2,1,3H3. The first-order chi connectivity index (χ1) is 7.17. The monoisotopic (exact) mass is 202 g/mol. The molecule has 0 amide bonds. The fraction of sp³-hybridized carbons (Fsp3) is 0.600. The van der Waals surface area contributed by atoms with Gasteiger partial charge >= 0.3 is 0 Å².